The highest BCUT2D eigenvalue weighted by molar-refractivity contribution is 5.24. The average molecular weight is 279 g/mol. The Balaban J connectivity index is 1.77. The molecule has 3 unspecified atom stereocenters. The summed E-state index contributed by atoms with van der Waals surface area (Å²) >= 11 is 0. The summed E-state index contributed by atoms with van der Waals surface area (Å²) in [7, 11) is 0. The van der Waals surface area contributed by atoms with Gasteiger partial charge >= 0.3 is 0 Å². The second-order valence-corrected chi connectivity index (χ2v) is 6.63. The van der Waals surface area contributed by atoms with E-state index in [1.54, 1.807) is 6.07 Å². The first kappa shape index (κ1) is 14.0. The maximum absolute atomic E-state index is 14.1. The second-order valence-electron chi connectivity index (χ2n) is 6.63. The highest BCUT2D eigenvalue weighted by Gasteiger charge is 2.32. The number of nitrogens with one attached hydrogen (secondary N) is 1. The summed E-state index contributed by atoms with van der Waals surface area (Å²) in [5.41, 5.74) is 0.709. The molecule has 3 atom stereocenters. The third-order valence-corrected chi connectivity index (χ3v) is 4.86. The monoisotopic (exact) mass is 279 g/mol. The van der Waals surface area contributed by atoms with Gasteiger partial charge in [-0.3, -0.25) is 0 Å². The lowest BCUT2D eigenvalue weighted by Gasteiger charge is -2.35. The highest BCUT2D eigenvalue weighted by Crippen LogP contribution is 2.41. The molecule has 3 heteroatoms. The van der Waals surface area contributed by atoms with Gasteiger partial charge in [-0.2, -0.15) is 0 Å². The van der Waals surface area contributed by atoms with Gasteiger partial charge in [0.15, 0.2) is 0 Å². The molecule has 2 saturated carbocycles. The Morgan fingerprint density at radius 1 is 1.15 bits per heavy atom. The summed E-state index contributed by atoms with van der Waals surface area (Å²) in [6.07, 6.45) is 5.93. The largest absolute Gasteiger partial charge is 0.314 e. The summed E-state index contributed by atoms with van der Waals surface area (Å²) in [6.45, 7) is 3.21. The first-order valence-corrected chi connectivity index (χ1v) is 7.82. The number of benzene rings is 1. The molecule has 2 fully saturated rings. The summed E-state index contributed by atoms with van der Waals surface area (Å²) in [5, 5.41) is 3.58. The van der Waals surface area contributed by atoms with E-state index in [2.05, 4.69) is 12.2 Å². The second kappa shape index (κ2) is 5.80. The van der Waals surface area contributed by atoms with E-state index in [9.17, 15) is 8.78 Å². The minimum atomic E-state index is -0.484. The van der Waals surface area contributed by atoms with Gasteiger partial charge in [0.05, 0.1) is 0 Å². The molecule has 1 aromatic rings. The minimum absolute atomic E-state index is 0.227. The van der Waals surface area contributed by atoms with Crippen LogP contribution in [0.25, 0.3) is 0 Å². The standard InChI is InChI=1S/C17H23F2N/c1-11-2-3-12(10-20-14-5-6-14)16(8-11)15-7-4-13(18)9-17(15)19/h4,7,9,11-12,14,16,20H,2-3,5-6,8,10H2,1H3. The van der Waals surface area contributed by atoms with Crippen LogP contribution in [0.4, 0.5) is 8.78 Å². The number of rotatable bonds is 4. The zero-order chi connectivity index (χ0) is 14.1. The van der Waals surface area contributed by atoms with Crippen LogP contribution in [-0.4, -0.2) is 12.6 Å². The molecule has 0 saturated heterocycles. The lowest BCUT2D eigenvalue weighted by Crippen LogP contribution is -2.33. The van der Waals surface area contributed by atoms with Gasteiger partial charge in [-0.25, -0.2) is 8.78 Å². The Labute approximate surface area is 119 Å². The predicted octanol–water partition coefficient (Wildman–Crippen LogP) is 4.24. The van der Waals surface area contributed by atoms with Crippen LogP contribution in [0.3, 0.4) is 0 Å². The normalized spacial score (nSPS) is 30.4. The van der Waals surface area contributed by atoms with Crippen LogP contribution in [0.2, 0.25) is 0 Å². The zero-order valence-corrected chi connectivity index (χ0v) is 12.0. The van der Waals surface area contributed by atoms with Gasteiger partial charge in [0.2, 0.25) is 0 Å². The van der Waals surface area contributed by atoms with Crippen molar-refractivity contribution in [1.82, 2.24) is 5.32 Å². The fraction of sp³-hybridized carbons (Fsp3) is 0.647. The third kappa shape index (κ3) is 3.20. The van der Waals surface area contributed by atoms with E-state index in [4.69, 9.17) is 0 Å². The molecule has 0 spiro atoms. The Morgan fingerprint density at radius 2 is 1.95 bits per heavy atom. The van der Waals surface area contributed by atoms with E-state index in [1.165, 1.54) is 25.3 Å². The lowest BCUT2D eigenvalue weighted by molar-refractivity contribution is 0.237. The molecule has 1 nitrogen and oxygen atoms in total. The van der Waals surface area contributed by atoms with Gasteiger partial charge in [-0.15, -0.1) is 0 Å². The number of hydrogen-bond donors (Lipinski definition) is 1. The molecule has 0 heterocycles. The third-order valence-electron chi connectivity index (χ3n) is 4.86. The Kier molecular flexibility index (Phi) is 4.06. The summed E-state index contributed by atoms with van der Waals surface area (Å²) in [4.78, 5) is 0. The molecule has 2 aliphatic rings. The van der Waals surface area contributed by atoms with E-state index in [0.29, 0.717) is 23.4 Å². The SMILES string of the molecule is CC1CCC(CNC2CC2)C(c2ccc(F)cc2F)C1. The van der Waals surface area contributed by atoms with Crippen LogP contribution >= 0.6 is 0 Å². The van der Waals surface area contributed by atoms with Gasteiger partial charge in [0, 0.05) is 12.1 Å². The van der Waals surface area contributed by atoms with E-state index in [1.807, 2.05) is 0 Å². The Hall–Kier alpha value is -0.960. The lowest BCUT2D eigenvalue weighted by atomic mass is 9.71. The van der Waals surface area contributed by atoms with E-state index in [0.717, 1.165) is 25.5 Å². The Morgan fingerprint density at radius 3 is 2.65 bits per heavy atom. The fourth-order valence-corrected chi connectivity index (χ4v) is 3.48. The van der Waals surface area contributed by atoms with E-state index >= 15 is 0 Å². The average Bonchev–Trinajstić information content (AvgIpc) is 3.21. The van der Waals surface area contributed by atoms with Crippen molar-refractivity contribution in [3.05, 3.63) is 35.4 Å². The van der Waals surface area contributed by atoms with E-state index < -0.39 is 5.82 Å². The molecule has 0 bridgehead atoms. The van der Waals surface area contributed by atoms with Crippen molar-refractivity contribution in [3.63, 3.8) is 0 Å². The quantitative estimate of drug-likeness (QED) is 0.869. The molecule has 2 aliphatic carbocycles. The maximum atomic E-state index is 14.1. The number of hydrogen-bond acceptors (Lipinski definition) is 1. The van der Waals surface area contributed by atoms with Crippen molar-refractivity contribution in [2.24, 2.45) is 11.8 Å². The van der Waals surface area contributed by atoms with Gasteiger partial charge in [-0.05, 0) is 61.6 Å². The molecule has 3 rings (SSSR count). The molecule has 0 aliphatic heterocycles. The van der Waals surface area contributed by atoms with Crippen LogP contribution in [-0.2, 0) is 0 Å². The minimum Gasteiger partial charge on any atom is -0.314 e. The molecule has 0 amide bonds. The zero-order valence-electron chi connectivity index (χ0n) is 12.0. The Bertz CT molecular complexity index is 470. The van der Waals surface area contributed by atoms with Crippen LogP contribution in [0.1, 0.15) is 50.5 Å². The van der Waals surface area contributed by atoms with Crippen molar-refractivity contribution in [2.45, 2.75) is 51.0 Å². The van der Waals surface area contributed by atoms with Crippen molar-refractivity contribution < 1.29 is 8.78 Å². The molecule has 20 heavy (non-hydrogen) atoms. The van der Waals surface area contributed by atoms with Crippen molar-refractivity contribution >= 4 is 0 Å². The molecule has 1 aromatic carbocycles. The van der Waals surface area contributed by atoms with Crippen molar-refractivity contribution in [1.29, 1.82) is 0 Å². The van der Waals surface area contributed by atoms with E-state index in [-0.39, 0.29) is 11.7 Å². The molecule has 1 N–H and O–H groups in total. The summed E-state index contributed by atoms with van der Waals surface area (Å²) in [6, 6.07) is 4.76. The van der Waals surface area contributed by atoms with Crippen molar-refractivity contribution in [2.75, 3.05) is 6.54 Å². The smallest absolute Gasteiger partial charge is 0.129 e. The first-order valence-electron chi connectivity index (χ1n) is 7.82. The molecule has 0 aromatic heterocycles. The first-order chi connectivity index (χ1) is 9.63. The summed E-state index contributed by atoms with van der Waals surface area (Å²) in [5.74, 6) is 0.474. The molecule has 0 radical (unpaired) electrons. The molecule has 110 valence electrons. The van der Waals surface area contributed by atoms with Gasteiger partial charge in [0.1, 0.15) is 11.6 Å². The van der Waals surface area contributed by atoms with Crippen LogP contribution in [0.5, 0.6) is 0 Å². The topological polar surface area (TPSA) is 12.0 Å². The van der Waals surface area contributed by atoms with Crippen LogP contribution < -0.4 is 5.32 Å². The van der Waals surface area contributed by atoms with Gasteiger partial charge in [-0.1, -0.05) is 19.4 Å². The van der Waals surface area contributed by atoms with Crippen molar-refractivity contribution in [3.8, 4) is 0 Å². The fourth-order valence-electron chi connectivity index (χ4n) is 3.48. The predicted molar refractivity (Wildman–Crippen MR) is 76.6 cm³/mol. The highest BCUT2D eigenvalue weighted by atomic mass is 19.1. The van der Waals surface area contributed by atoms with Crippen LogP contribution in [0.15, 0.2) is 18.2 Å². The maximum Gasteiger partial charge on any atom is 0.129 e. The van der Waals surface area contributed by atoms with Gasteiger partial charge < -0.3 is 5.32 Å². The molecular weight excluding hydrogens is 256 g/mol. The van der Waals surface area contributed by atoms with Crippen LogP contribution in [0, 0.1) is 23.5 Å². The molecular formula is C17H23F2N. The van der Waals surface area contributed by atoms with Gasteiger partial charge in [0.25, 0.3) is 0 Å². The number of halogens is 2. The summed E-state index contributed by atoms with van der Waals surface area (Å²) < 4.78 is 27.2.